The second kappa shape index (κ2) is 10.4. The van der Waals surface area contributed by atoms with Crippen LogP contribution < -0.4 is 10.5 Å². The predicted octanol–water partition coefficient (Wildman–Crippen LogP) is 5.73. The number of aromatic nitrogens is 2. The van der Waals surface area contributed by atoms with Crippen molar-refractivity contribution < 1.29 is 27.1 Å². The van der Waals surface area contributed by atoms with Crippen molar-refractivity contribution in [3.63, 3.8) is 0 Å². The van der Waals surface area contributed by atoms with Gasteiger partial charge in [0.25, 0.3) is 5.91 Å². The van der Waals surface area contributed by atoms with Gasteiger partial charge in [0, 0.05) is 25.2 Å². The van der Waals surface area contributed by atoms with Crippen LogP contribution in [0.1, 0.15) is 27.2 Å². The number of rotatable bonds is 7. The number of benzene rings is 2. The van der Waals surface area contributed by atoms with Gasteiger partial charge in [-0.25, -0.2) is 9.37 Å². The molecule has 0 fully saturated rings. The third-order valence-electron chi connectivity index (χ3n) is 5.85. The highest BCUT2D eigenvalue weighted by Gasteiger charge is 2.33. The van der Waals surface area contributed by atoms with Crippen LogP contribution in [0.15, 0.2) is 54.6 Å². The Hall–Kier alpha value is -3.63. The Bertz CT molecular complexity index is 1470. The lowest BCUT2D eigenvalue weighted by Gasteiger charge is -2.22. The molecule has 0 radical (unpaired) electrons. The van der Waals surface area contributed by atoms with E-state index in [2.05, 4.69) is 4.98 Å². The third-order valence-corrected chi connectivity index (χ3v) is 6.16. The van der Waals surface area contributed by atoms with Crippen LogP contribution in [0, 0.1) is 12.7 Å². The zero-order valence-corrected chi connectivity index (χ0v) is 20.7. The highest BCUT2D eigenvalue weighted by molar-refractivity contribution is 6.31. The average molecular weight is 535 g/mol. The van der Waals surface area contributed by atoms with Gasteiger partial charge < -0.3 is 15.4 Å². The second-order valence-corrected chi connectivity index (χ2v) is 8.77. The van der Waals surface area contributed by atoms with Crippen molar-refractivity contribution in [2.75, 3.05) is 20.2 Å². The molecular weight excluding hydrogens is 512 g/mol. The molecule has 0 aliphatic rings. The van der Waals surface area contributed by atoms with Crippen LogP contribution in [-0.2, 0) is 12.7 Å². The molecule has 0 bridgehead atoms. The van der Waals surface area contributed by atoms with E-state index < -0.39 is 28.5 Å². The van der Waals surface area contributed by atoms with Gasteiger partial charge in [-0.3, -0.25) is 9.20 Å². The number of ether oxygens (including phenoxy) is 1. The molecule has 1 amide bonds. The lowest BCUT2D eigenvalue weighted by atomic mass is 10.1. The number of nitrogens with two attached hydrogens (primary N) is 1. The van der Waals surface area contributed by atoms with E-state index in [0.717, 1.165) is 6.07 Å². The number of nitrogens with zero attached hydrogens (tertiary/aromatic N) is 3. The smallest absolute Gasteiger partial charge is 0.417 e. The Labute approximate surface area is 215 Å². The number of alkyl halides is 3. The molecule has 2 aromatic heterocycles. The number of carbonyl (C=O) groups is 1. The Morgan fingerprint density at radius 1 is 1.16 bits per heavy atom. The summed E-state index contributed by atoms with van der Waals surface area (Å²) < 4.78 is 60.6. The monoisotopic (exact) mass is 534 g/mol. The molecule has 11 heteroatoms. The van der Waals surface area contributed by atoms with Gasteiger partial charge in [0.2, 0.25) is 0 Å². The van der Waals surface area contributed by atoms with Crippen molar-refractivity contribution in [3.8, 4) is 17.1 Å². The van der Waals surface area contributed by atoms with Gasteiger partial charge in [-0.2, -0.15) is 13.2 Å². The maximum Gasteiger partial charge on any atom is 0.417 e. The van der Waals surface area contributed by atoms with Crippen LogP contribution in [-0.4, -0.2) is 40.4 Å². The SMILES string of the molecule is COc1cccc2nc(C(=O)N(CCN)Cc3ccc(C(F)(F)F)c(Cl)c3)c(-c3ccc(F)c(C)c3)n12. The summed E-state index contributed by atoms with van der Waals surface area (Å²) >= 11 is 5.88. The van der Waals surface area contributed by atoms with E-state index in [0.29, 0.717) is 33.9 Å². The van der Waals surface area contributed by atoms with Crippen molar-refractivity contribution in [2.45, 2.75) is 19.6 Å². The maximum absolute atomic E-state index is 14.0. The number of hydrogen-bond acceptors (Lipinski definition) is 4. The highest BCUT2D eigenvalue weighted by atomic mass is 35.5. The average Bonchev–Trinajstić information content (AvgIpc) is 3.24. The van der Waals surface area contributed by atoms with E-state index in [1.54, 1.807) is 35.6 Å². The minimum atomic E-state index is -4.60. The van der Waals surface area contributed by atoms with E-state index in [4.69, 9.17) is 22.1 Å². The lowest BCUT2D eigenvalue weighted by molar-refractivity contribution is -0.137. The van der Waals surface area contributed by atoms with Crippen LogP contribution in [0.2, 0.25) is 5.02 Å². The molecule has 37 heavy (non-hydrogen) atoms. The quantitative estimate of drug-likeness (QED) is 0.307. The molecule has 0 aliphatic heterocycles. The fraction of sp³-hybridized carbons (Fsp3) is 0.231. The summed E-state index contributed by atoms with van der Waals surface area (Å²) in [6, 6.07) is 12.9. The molecule has 4 aromatic rings. The van der Waals surface area contributed by atoms with Crippen molar-refractivity contribution in [1.82, 2.24) is 14.3 Å². The lowest BCUT2D eigenvalue weighted by Crippen LogP contribution is -2.35. The van der Waals surface area contributed by atoms with Crippen LogP contribution in [0.3, 0.4) is 0 Å². The topological polar surface area (TPSA) is 72.9 Å². The largest absolute Gasteiger partial charge is 0.482 e. The molecule has 0 atom stereocenters. The van der Waals surface area contributed by atoms with Crippen LogP contribution in [0.5, 0.6) is 5.88 Å². The summed E-state index contributed by atoms with van der Waals surface area (Å²) in [7, 11) is 1.48. The summed E-state index contributed by atoms with van der Waals surface area (Å²) in [6.45, 7) is 1.75. The molecular formula is C26H23ClF4N4O2. The first-order valence-electron chi connectivity index (χ1n) is 11.2. The van der Waals surface area contributed by atoms with Gasteiger partial charge in [-0.05, 0) is 60.5 Å². The molecule has 0 unspecified atom stereocenters. The van der Waals surface area contributed by atoms with Gasteiger partial charge >= 0.3 is 6.18 Å². The van der Waals surface area contributed by atoms with Gasteiger partial charge in [0.05, 0.1) is 23.4 Å². The van der Waals surface area contributed by atoms with Crippen molar-refractivity contribution in [3.05, 3.63) is 87.8 Å². The number of pyridine rings is 1. The van der Waals surface area contributed by atoms with E-state index in [1.807, 2.05) is 0 Å². The Morgan fingerprint density at radius 3 is 2.54 bits per heavy atom. The van der Waals surface area contributed by atoms with Crippen molar-refractivity contribution in [2.24, 2.45) is 5.73 Å². The first-order chi connectivity index (χ1) is 17.5. The molecule has 6 nitrogen and oxygen atoms in total. The number of amides is 1. The van der Waals surface area contributed by atoms with E-state index >= 15 is 0 Å². The van der Waals surface area contributed by atoms with Crippen LogP contribution in [0.4, 0.5) is 17.6 Å². The van der Waals surface area contributed by atoms with Gasteiger partial charge in [-0.15, -0.1) is 0 Å². The third kappa shape index (κ3) is 5.26. The van der Waals surface area contributed by atoms with Crippen LogP contribution in [0.25, 0.3) is 16.9 Å². The Balaban J connectivity index is 1.82. The molecule has 194 valence electrons. The second-order valence-electron chi connectivity index (χ2n) is 8.36. The summed E-state index contributed by atoms with van der Waals surface area (Å²) in [5, 5.41) is -0.468. The number of halogens is 5. The summed E-state index contributed by atoms with van der Waals surface area (Å²) in [5.41, 5.74) is 6.95. The highest BCUT2D eigenvalue weighted by Crippen LogP contribution is 2.35. The number of fused-ring (bicyclic) bond motifs is 1. The number of methoxy groups -OCH3 is 1. The summed E-state index contributed by atoms with van der Waals surface area (Å²) in [4.78, 5) is 19.8. The van der Waals surface area contributed by atoms with Crippen LogP contribution >= 0.6 is 11.6 Å². The normalized spacial score (nSPS) is 11.7. The molecule has 0 spiro atoms. The van der Waals surface area contributed by atoms with Crippen molar-refractivity contribution >= 4 is 23.2 Å². The standard InChI is InChI=1S/C26H23ClF4N4O2/c1-15-12-17(7-9-20(15)28)24-23(33-21-4-3-5-22(37-2)35(21)24)25(36)34(11-10-32)14-16-6-8-18(19(27)13-16)26(29,30)31/h3-9,12-13H,10-11,14,32H2,1-2H3. The van der Waals surface area contributed by atoms with Crippen molar-refractivity contribution in [1.29, 1.82) is 0 Å². The summed E-state index contributed by atoms with van der Waals surface area (Å²) in [5.74, 6) is -0.508. The minimum Gasteiger partial charge on any atom is -0.482 e. The number of aryl methyl sites for hydroxylation is 1. The molecule has 0 saturated carbocycles. The Kier molecular flexibility index (Phi) is 7.42. The first kappa shape index (κ1) is 26.4. The molecule has 2 heterocycles. The minimum absolute atomic E-state index is 0.0548. The fourth-order valence-corrected chi connectivity index (χ4v) is 4.41. The van der Waals surface area contributed by atoms with Gasteiger partial charge in [0.15, 0.2) is 11.6 Å². The Morgan fingerprint density at radius 2 is 1.92 bits per heavy atom. The number of imidazole rings is 1. The number of carbonyl (C=O) groups excluding carboxylic acids is 1. The zero-order valence-electron chi connectivity index (χ0n) is 19.9. The fourth-order valence-electron chi connectivity index (χ4n) is 4.10. The zero-order chi connectivity index (χ0) is 26.9. The molecule has 0 saturated heterocycles. The first-order valence-corrected chi connectivity index (χ1v) is 11.6. The molecule has 0 aliphatic carbocycles. The van der Waals surface area contributed by atoms with E-state index in [-0.39, 0.29) is 25.3 Å². The van der Waals surface area contributed by atoms with Gasteiger partial charge in [-0.1, -0.05) is 23.7 Å². The summed E-state index contributed by atoms with van der Waals surface area (Å²) in [6.07, 6.45) is -4.60. The number of hydrogen-bond donors (Lipinski definition) is 1. The van der Waals surface area contributed by atoms with E-state index in [9.17, 15) is 22.4 Å². The molecule has 4 rings (SSSR count). The molecule has 2 aromatic carbocycles. The van der Waals surface area contributed by atoms with Gasteiger partial charge in [0.1, 0.15) is 11.5 Å². The molecule has 2 N–H and O–H groups in total. The predicted molar refractivity (Wildman–Crippen MR) is 132 cm³/mol. The maximum atomic E-state index is 14.0. The van der Waals surface area contributed by atoms with E-state index in [1.165, 1.54) is 36.3 Å².